The predicted octanol–water partition coefficient (Wildman–Crippen LogP) is 2.95. The Morgan fingerprint density at radius 3 is 2.70 bits per heavy atom. The number of pyridine rings is 1. The molecule has 0 saturated heterocycles. The number of aromatic nitrogens is 4. The molecule has 0 aliphatic rings. The van der Waals surface area contributed by atoms with Gasteiger partial charge in [-0.05, 0) is 28.4 Å². The highest BCUT2D eigenvalue weighted by molar-refractivity contribution is 9.10. The molecule has 0 aliphatic carbocycles. The number of benzene rings is 1. The Morgan fingerprint density at radius 2 is 2.00 bits per heavy atom. The Hall–Kier alpha value is -1.95. The molecule has 0 aliphatic heterocycles. The van der Waals surface area contributed by atoms with E-state index in [0.717, 1.165) is 21.4 Å². The number of fused-ring (bicyclic) bond motifs is 1. The first kappa shape index (κ1) is 13.1. The molecule has 3 aromatic rings. The fourth-order valence-corrected chi connectivity index (χ4v) is 2.53. The van der Waals surface area contributed by atoms with E-state index in [1.807, 2.05) is 25.1 Å². The van der Waals surface area contributed by atoms with E-state index < -0.39 is 0 Å². The van der Waals surface area contributed by atoms with Gasteiger partial charge in [-0.3, -0.25) is 0 Å². The SMILES string of the molecule is COc1c(Br)c(C)nc2c1nnn2Cc1ccccc1. The summed E-state index contributed by atoms with van der Waals surface area (Å²) in [5.41, 5.74) is 3.40. The zero-order valence-corrected chi connectivity index (χ0v) is 12.8. The third-order valence-corrected chi connectivity index (χ3v) is 4.03. The summed E-state index contributed by atoms with van der Waals surface area (Å²) in [6.45, 7) is 2.56. The van der Waals surface area contributed by atoms with E-state index in [4.69, 9.17) is 4.74 Å². The smallest absolute Gasteiger partial charge is 0.183 e. The number of aryl methyl sites for hydroxylation is 1. The molecule has 6 heteroatoms. The van der Waals surface area contributed by atoms with Crippen molar-refractivity contribution in [3.8, 4) is 5.75 Å². The number of halogens is 1. The highest BCUT2D eigenvalue weighted by Crippen LogP contribution is 2.33. The lowest BCUT2D eigenvalue weighted by molar-refractivity contribution is 0.415. The second-order valence-electron chi connectivity index (χ2n) is 4.45. The highest BCUT2D eigenvalue weighted by atomic mass is 79.9. The molecule has 0 radical (unpaired) electrons. The van der Waals surface area contributed by atoms with Gasteiger partial charge in [-0.25, -0.2) is 9.67 Å². The fraction of sp³-hybridized carbons (Fsp3) is 0.214. The van der Waals surface area contributed by atoms with Crippen LogP contribution in [0.25, 0.3) is 11.2 Å². The zero-order valence-electron chi connectivity index (χ0n) is 11.2. The summed E-state index contributed by atoms with van der Waals surface area (Å²) in [5, 5.41) is 8.37. The van der Waals surface area contributed by atoms with Crippen LogP contribution in [-0.2, 0) is 6.54 Å². The molecule has 20 heavy (non-hydrogen) atoms. The second kappa shape index (κ2) is 5.20. The van der Waals surface area contributed by atoms with Crippen LogP contribution in [0, 0.1) is 6.92 Å². The monoisotopic (exact) mass is 332 g/mol. The first-order chi connectivity index (χ1) is 9.70. The predicted molar refractivity (Wildman–Crippen MR) is 79.9 cm³/mol. The lowest BCUT2D eigenvalue weighted by Crippen LogP contribution is -2.03. The average Bonchev–Trinajstić information content (AvgIpc) is 2.84. The van der Waals surface area contributed by atoms with Gasteiger partial charge in [0.15, 0.2) is 16.9 Å². The molecule has 0 saturated carbocycles. The van der Waals surface area contributed by atoms with E-state index in [1.165, 1.54) is 0 Å². The summed E-state index contributed by atoms with van der Waals surface area (Å²) in [6.07, 6.45) is 0. The summed E-state index contributed by atoms with van der Waals surface area (Å²) >= 11 is 3.47. The highest BCUT2D eigenvalue weighted by Gasteiger charge is 2.17. The van der Waals surface area contributed by atoms with Crippen LogP contribution in [0.1, 0.15) is 11.3 Å². The minimum atomic E-state index is 0.633. The molecule has 1 aromatic carbocycles. The van der Waals surface area contributed by atoms with Gasteiger partial charge in [0, 0.05) is 0 Å². The number of hydrogen-bond acceptors (Lipinski definition) is 4. The molecule has 0 spiro atoms. The van der Waals surface area contributed by atoms with Crippen LogP contribution in [0.4, 0.5) is 0 Å². The number of ether oxygens (including phenoxy) is 1. The van der Waals surface area contributed by atoms with Gasteiger partial charge in [-0.2, -0.15) is 0 Å². The van der Waals surface area contributed by atoms with Gasteiger partial charge in [-0.15, -0.1) is 5.10 Å². The molecule has 2 heterocycles. The lowest BCUT2D eigenvalue weighted by Gasteiger charge is -2.07. The third kappa shape index (κ3) is 2.16. The molecule has 0 fully saturated rings. The van der Waals surface area contributed by atoms with Crippen molar-refractivity contribution in [2.45, 2.75) is 13.5 Å². The Balaban J connectivity index is 2.12. The molecule has 0 amide bonds. The molecule has 0 N–H and O–H groups in total. The maximum Gasteiger partial charge on any atom is 0.183 e. The van der Waals surface area contributed by atoms with Crippen molar-refractivity contribution in [2.75, 3.05) is 7.11 Å². The summed E-state index contributed by atoms with van der Waals surface area (Å²) in [5.74, 6) is 0.673. The molecule has 2 aromatic heterocycles. The first-order valence-corrected chi connectivity index (χ1v) is 6.97. The van der Waals surface area contributed by atoms with E-state index in [1.54, 1.807) is 11.8 Å². The van der Waals surface area contributed by atoms with E-state index >= 15 is 0 Å². The Kier molecular flexibility index (Phi) is 3.40. The molecular weight excluding hydrogens is 320 g/mol. The van der Waals surface area contributed by atoms with Gasteiger partial charge in [0.1, 0.15) is 0 Å². The third-order valence-electron chi connectivity index (χ3n) is 3.09. The Bertz CT molecular complexity index is 755. The maximum atomic E-state index is 5.40. The quantitative estimate of drug-likeness (QED) is 0.739. The van der Waals surface area contributed by atoms with Crippen LogP contribution in [0.5, 0.6) is 5.75 Å². The molecular formula is C14H13BrN4O. The van der Waals surface area contributed by atoms with Crippen molar-refractivity contribution in [3.05, 3.63) is 46.1 Å². The van der Waals surface area contributed by atoms with E-state index in [-0.39, 0.29) is 0 Å². The minimum absolute atomic E-state index is 0.633. The molecule has 0 atom stereocenters. The van der Waals surface area contributed by atoms with Crippen LogP contribution < -0.4 is 4.74 Å². The van der Waals surface area contributed by atoms with Crippen molar-refractivity contribution < 1.29 is 4.74 Å². The zero-order chi connectivity index (χ0) is 14.1. The van der Waals surface area contributed by atoms with E-state index in [0.29, 0.717) is 17.8 Å². The van der Waals surface area contributed by atoms with E-state index in [9.17, 15) is 0 Å². The first-order valence-electron chi connectivity index (χ1n) is 6.18. The largest absolute Gasteiger partial charge is 0.493 e. The number of rotatable bonds is 3. The summed E-state index contributed by atoms with van der Waals surface area (Å²) < 4.78 is 8.00. The molecule has 0 unspecified atom stereocenters. The van der Waals surface area contributed by atoms with Crippen LogP contribution in [0.2, 0.25) is 0 Å². The maximum absolute atomic E-state index is 5.40. The average molecular weight is 333 g/mol. The molecule has 5 nitrogen and oxygen atoms in total. The fourth-order valence-electron chi connectivity index (χ4n) is 2.09. The Morgan fingerprint density at radius 1 is 1.25 bits per heavy atom. The van der Waals surface area contributed by atoms with Crippen LogP contribution >= 0.6 is 15.9 Å². The lowest BCUT2D eigenvalue weighted by atomic mass is 10.2. The van der Waals surface area contributed by atoms with Crippen molar-refractivity contribution in [2.24, 2.45) is 0 Å². The standard InChI is InChI=1S/C14H13BrN4O/c1-9-11(15)13(20-2)12-14(16-9)19(18-17-12)8-10-6-4-3-5-7-10/h3-7H,8H2,1-2H3. The topological polar surface area (TPSA) is 52.8 Å². The van der Waals surface area contributed by atoms with E-state index in [2.05, 4.69) is 43.4 Å². The van der Waals surface area contributed by atoms with Crippen LogP contribution in [0.15, 0.2) is 34.8 Å². The minimum Gasteiger partial charge on any atom is -0.493 e. The number of methoxy groups -OCH3 is 1. The van der Waals surface area contributed by atoms with Gasteiger partial charge in [0.2, 0.25) is 0 Å². The summed E-state index contributed by atoms with van der Waals surface area (Å²) in [6, 6.07) is 10.1. The van der Waals surface area contributed by atoms with Gasteiger partial charge >= 0.3 is 0 Å². The van der Waals surface area contributed by atoms with Gasteiger partial charge in [0.05, 0.1) is 23.8 Å². The Labute approximate surface area is 124 Å². The van der Waals surface area contributed by atoms with Gasteiger partial charge in [-0.1, -0.05) is 35.5 Å². The van der Waals surface area contributed by atoms with Crippen molar-refractivity contribution in [1.29, 1.82) is 0 Å². The van der Waals surface area contributed by atoms with Crippen molar-refractivity contribution in [3.63, 3.8) is 0 Å². The molecule has 0 bridgehead atoms. The normalized spacial score (nSPS) is 10.9. The summed E-state index contributed by atoms with van der Waals surface area (Å²) in [4.78, 5) is 4.55. The molecule has 3 rings (SSSR count). The number of nitrogens with zero attached hydrogens (tertiary/aromatic N) is 4. The summed E-state index contributed by atoms with van der Waals surface area (Å²) in [7, 11) is 1.62. The van der Waals surface area contributed by atoms with Crippen molar-refractivity contribution in [1.82, 2.24) is 20.0 Å². The van der Waals surface area contributed by atoms with Crippen LogP contribution in [0.3, 0.4) is 0 Å². The molecule has 102 valence electrons. The van der Waals surface area contributed by atoms with Crippen LogP contribution in [-0.4, -0.2) is 27.1 Å². The van der Waals surface area contributed by atoms with Crippen molar-refractivity contribution >= 4 is 27.1 Å². The second-order valence-corrected chi connectivity index (χ2v) is 5.24. The van der Waals surface area contributed by atoms with Gasteiger partial charge in [0.25, 0.3) is 0 Å². The number of hydrogen-bond donors (Lipinski definition) is 0. The van der Waals surface area contributed by atoms with Gasteiger partial charge < -0.3 is 4.74 Å².